The number of allylic oxidation sites excluding steroid dienone is 6. The zero-order valence-corrected chi connectivity index (χ0v) is 76.1. The lowest BCUT2D eigenvalue weighted by atomic mass is 9.70. The smallest absolute Gasteiger partial charge is 0.207 e. The number of hydrogen-bond acceptors (Lipinski definition) is 11. The molecule has 2 aliphatic heterocycles. The third kappa shape index (κ3) is 17.9. The van der Waals surface area contributed by atoms with Crippen LogP contribution in [0, 0.1) is 29.2 Å². The quantitative estimate of drug-likeness (QED) is 0.0503. The summed E-state index contributed by atoms with van der Waals surface area (Å²) in [6.07, 6.45) is 9.39. The second-order valence-electron chi connectivity index (χ2n) is 35.4. The number of nitriles is 2. The molecule has 4 atom stereocenters. The topological polar surface area (TPSA) is 188 Å². The van der Waals surface area contributed by atoms with E-state index in [2.05, 4.69) is 240 Å². The number of nitrogens with two attached hydrogens (primary N) is 1. The highest BCUT2D eigenvalue weighted by Gasteiger charge is 2.43. The fourth-order valence-corrected chi connectivity index (χ4v) is 20.5. The Balaban J connectivity index is 0.000000155. The van der Waals surface area contributed by atoms with Gasteiger partial charge >= 0.3 is 0 Å². The number of rotatable bonds is 15. The molecule has 12 nitrogen and oxygen atoms in total. The van der Waals surface area contributed by atoms with Crippen molar-refractivity contribution in [3.63, 3.8) is 0 Å². The molecule has 0 spiro atoms. The van der Waals surface area contributed by atoms with E-state index in [4.69, 9.17) is 37.5 Å². The molecule has 0 bridgehead atoms. The fraction of sp³-hybridized carbons (Fsp3) is 0.0787. The van der Waals surface area contributed by atoms with E-state index in [1.54, 1.807) is 0 Å². The highest BCUT2D eigenvalue weighted by atomic mass is 16.1. The predicted octanol–water partition coefficient (Wildman–Crippen LogP) is 28.4. The van der Waals surface area contributed by atoms with E-state index >= 15 is 0 Å². The van der Waals surface area contributed by atoms with Gasteiger partial charge in [0.05, 0.1) is 75.5 Å². The predicted molar refractivity (Wildman–Crippen MR) is 558 cm³/mol. The normalized spacial score (nSPS) is 16.7. The maximum Gasteiger partial charge on any atom is 0.207 e. The van der Waals surface area contributed by atoms with Crippen molar-refractivity contribution in [1.29, 1.82) is 10.5 Å². The van der Waals surface area contributed by atoms with Crippen LogP contribution in [-0.2, 0) is 12.8 Å². The molecule has 4 aromatic heterocycles. The fourth-order valence-electron chi connectivity index (χ4n) is 20.5. The van der Waals surface area contributed by atoms with Crippen LogP contribution in [0.15, 0.2) is 458 Å². The lowest BCUT2D eigenvalue weighted by Gasteiger charge is -2.39. The molecule has 13 aromatic carbocycles. The number of fused-ring (bicyclic) bond motifs is 6. The molecule has 4 N–H and O–H groups in total. The van der Waals surface area contributed by atoms with Crippen molar-refractivity contribution < 1.29 is 9.59 Å². The SMILES string of the molecule is N#C/C=C(\N)c1ccccc1.O=C1/C(=C/c2cccc(/C=C3\CCc4c(-c5ccccc5)cc(-c5ccccc5)nc4C3=O)c2)CC(c2ccccc2)c2ccc(-c3ccccc3)nc21.[C-]#[N+]C1=C(c2ccccc2)NC2=C(CC(c3ccccc3)c3ccc(-c4ccccc4)nc32)C1c1cccc(C2C(C#N)=C(c3ccccc3)NC3=C2CCc2c(-c4ccccc4)cc(-c4ccccc4)nc23)c1. The van der Waals surface area contributed by atoms with Gasteiger partial charge in [-0.2, -0.15) is 10.5 Å². The van der Waals surface area contributed by atoms with Crippen LogP contribution in [-0.4, -0.2) is 31.5 Å². The first-order valence-corrected chi connectivity index (χ1v) is 47.1. The lowest BCUT2D eigenvalue weighted by Crippen LogP contribution is -2.30. The first-order chi connectivity index (χ1) is 68.6. The number of dihydropyridines is 2. The number of ketones is 2. The highest BCUT2D eigenvalue weighted by Crippen LogP contribution is 2.55. The summed E-state index contributed by atoms with van der Waals surface area (Å²) in [5.41, 5.74) is 42.3. The summed E-state index contributed by atoms with van der Waals surface area (Å²) in [6, 6.07) is 147. The zero-order valence-electron chi connectivity index (χ0n) is 76.1. The molecule has 0 saturated carbocycles. The number of carbonyl (C=O) groups excluding carboxylic acids is 2. The van der Waals surface area contributed by atoms with E-state index in [0.29, 0.717) is 53.2 Å². The molecule has 0 amide bonds. The van der Waals surface area contributed by atoms with Crippen LogP contribution in [0.1, 0.15) is 154 Å². The minimum Gasteiger partial charge on any atom is -0.398 e. The summed E-state index contributed by atoms with van der Waals surface area (Å²) in [5, 5.41) is 27.6. The average Bonchev–Trinajstić information content (AvgIpc) is 0.722. The Kier molecular flexibility index (Phi) is 24.9. The van der Waals surface area contributed by atoms with Crippen molar-refractivity contribution in [2.45, 2.75) is 62.2 Å². The molecule has 4 aliphatic carbocycles. The van der Waals surface area contributed by atoms with Gasteiger partial charge in [0, 0.05) is 74.5 Å². The monoisotopic (exact) mass is 1790 g/mol. The third-order valence-corrected chi connectivity index (χ3v) is 27.1. The van der Waals surface area contributed by atoms with Crippen LogP contribution >= 0.6 is 0 Å². The van der Waals surface area contributed by atoms with Crippen molar-refractivity contribution in [2.75, 3.05) is 0 Å². The molecule has 17 aromatic rings. The molecule has 0 radical (unpaired) electrons. The van der Waals surface area contributed by atoms with Gasteiger partial charge in [0.1, 0.15) is 11.4 Å². The number of carbonyl (C=O) groups is 2. The summed E-state index contributed by atoms with van der Waals surface area (Å²) < 4.78 is 0. The number of aromatic nitrogens is 4. The van der Waals surface area contributed by atoms with E-state index in [0.717, 1.165) is 199 Å². The number of nitrogens with zero attached hydrogens (tertiary/aromatic N) is 7. The summed E-state index contributed by atoms with van der Waals surface area (Å²) in [7, 11) is 0. The summed E-state index contributed by atoms with van der Waals surface area (Å²) in [6.45, 7) is 9.07. The van der Waals surface area contributed by atoms with Gasteiger partial charge < -0.3 is 16.4 Å². The second-order valence-corrected chi connectivity index (χ2v) is 35.4. The van der Waals surface area contributed by atoms with Gasteiger partial charge in [-0.3, -0.25) is 9.59 Å². The molecule has 0 fully saturated rings. The Morgan fingerprint density at radius 3 is 1.24 bits per heavy atom. The van der Waals surface area contributed by atoms with Crippen LogP contribution in [0.3, 0.4) is 0 Å². The number of benzene rings is 13. The van der Waals surface area contributed by atoms with E-state index in [1.165, 1.54) is 17.2 Å². The Labute approximate surface area is 809 Å². The zero-order chi connectivity index (χ0) is 94.1. The third-order valence-electron chi connectivity index (χ3n) is 27.1. The van der Waals surface area contributed by atoms with Gasteiger partial charge in [-0.05, 0) is 187 Å². The van der Waals surface area contributed by atoms with E-state index in [9.17, 15) is 14.9 Å². The average molecular weight is 1790 g/mol. The molecular formula is C127H92N10O2. The van der Waals surface area contributed by atoms with Crippen LogP contribution in [0.25, 0.3) is 113 Å². The van der Waals surface area contributed by atoms with Crippen LogP contribution < -0.4 is 16.4 Å². The van der Waals surface area contributed by atoms with Gasteiger partial charge in [0.15, 0.2) is 5.70 Å². The molecule has 6 aliphatic rings. The first kappa shape index (κ1) is 87.5. The Morgan fingerprint density at radius 1 is 0.345 bits per heavy atom. The van der Waals surface area contributed by atoms with Gasteiger partial charge in [-0.15, -0.1) is 0 Å². The van der Waals surface area contributed by atoms with Crippen molar-refractivity contribution in [1.82, 2.24) is 30.6 Å². The van der Waals surface area contributed by atoms with Crippen molar-refractivity contribution in [2.24, 2.45) is 5.73 Å². The standard InChI is InChI=1S/C68H48N6.C50H36N2O2.C9H8N2/c1-70-68-61(56-40-54(43-21-8-2-9-22-43)52-37-38-58(45-25-12-4-13-26-45)71-65(52)67(56)74-63(68)48-31-18-7-19-32-48)50-34-20-33-49(39-50)60-53-36-35-51-55(44-23-10-3-11-24-44)41-59(46-27-14-5-15-28-46)72-64(51)66(53)73-62(57(60)42-69)47-29-16-6-17-30-47;53-49-39(24-25-41-44(36-18-7-2-8-19-36)32-46(52-47(41)49)38-22-11-4-12-23-38)29-33-14-13-15-34(28-33)30-40-31-43(35-16-5-1-6-17-35)42-26-27-45(51-48(42)50(40)54)37-20-9-3-10-21-37;10-7-6-9(11)8-4-2-1-3-5-8/h2-34,37-39,41,54,60-61,73-74H,35-36,40H2;1-23,26-30,32,43H,24-25,31H2;1-6H,11H2/b;39-29+,40-30+;9-6-. The number of pyridine rings is 4. The van der Waals surface area contributed by atoms with Gasteiger partial charge in [0.2, 0.25) is 11.6 Å². The molecule has 0 saturated heterocycles. The number of hydrogen-bond donors (Lipinski definition) is 3. The first-order valence-electron chi connectivity index (χ1n) is 47.1. The van der Waals surface area contributed by atoms with Crippen molar-refractivity contribution in [3.05, 3.63) is 565 Å². The summed E-state index contributed by atoms with van der Waals surface area (Å²) in [4.78, 5) is 54.0. The minimum absolute atomic E-state index is 0.00163. The molecule has 6 heterocycles. The van der Waals surface area contributed by atoms with Crippen LogP contribution in [0.5, 0.6) is 0 Å². The summed E-state index contributed by atoms with van der Waals surface area (Å²) in [5.74, 6) is -0.913. The molecule has 662 valence electrons. The highest BCUT2D eigenvalue weighted by molar-refractivity contribution is 6.14. The molecule has 139 heavy (non-hydrogen) atoms. The van der Waals surface area contributed by atoms with E-state index in [-0.39, 0.29) is 23.4 Å². The molecule has 4 unspecified atom stereocenters. The Bertz CT molecular complexity index is 7960. The maximum absolute atomic E-state index is 14.3. The second kappa shape index (κ2) is 39.6. The molecule has 12 heteroatoms. The number of Topliss-reactive ketones (excluding diaryl/α,β-unsaturated/α-hetero) is 2. The van der Waals surface area contributed by atoms with E-state index < -0.39 is 11.8 Å². The Hall–Kier alpha value is -18.2. The van der Waals surface area contributed by atoms with Crippen molar-refractivity contribution in [3.8, 4) is 79.4 Å². The van der Waals surface area contributed by atoms with Gasteiger partial charge in [-0.1, -0.05) is 388 Å². The molecule has 23 rings (SSSR count). The largest absolute Gasteiger partial charge is 0.398 e. The van der Waals surface area contributed by atoms with Gasteiger partial charge in [0.25, 0.3) is 0 Å². The van der Waals surface area contributed by atoms with Crippen LogP contribution in [0.2, 0.25) is 0 Å². The Morgan fingerprint density at radius 2 is 0.734 bits per heavy atom. The molecular weight excluding hydrogens is 1700 g/mol. The van der Waals surface area contributed by atoms with Gasteiger partial charge in [-0.25, -0.2) is 24.8 Å². The summed E-state index contributed by atoms with van der Waals surface area (Å²) >= 11 is 0. The van der Waals surface area contributed by atoms with E-state index in [1.807, 2.05) is 218 Å². The van der Waals surface area contributed by atoms with Crippen LogP contribution in [0.4, 0.5) is 0 Å². The number of nitrogens with one attached hydrogen (secondary N) is 2. The lowest BCUT2D eigenvalue weighted by molar-refractivity contribution is 0.101. The minimum atomic E-state index is -0.422. The maximum atomic E-state index is 14.3. The van der Waals surface area contributed by atoms with Crippen molar-refractivity contribution >= 4 is 52.2 Å².